The van der Waals surface area contributed by atoms with Crippen LogP contribution in [0.15, 0.2) is 24.3 Å². The molecule has 2 aliphatic rings. The second kappa shape index (κ2) is 9.18. The first kappa shape index (κ1) is 20.9. The molecule has 0 radical (unpaired) electrons. The number of aromatic amines is 1. The fourth-order valence-electron chi connectivity index (χ4n) is 4.90. The van der Waals surface area contributed by atoms with Crippen molar-refractivity contribution >= 4 is 22.8 Å². The number of benzene rings is 1. The van der Waals surface area contributed by atoms with Crippen LogP contribution in [0.3, 0.4) is 0 Å². The van der Waals surface area contributed by atoms with E-state index in [2.05, 4.69) is 9.88 Å². The molecular weight excluding hydrogens is 380 g/mol. The molecule has 2 aromatic rings. The van der Waals surface area contributed by atoms with Gasteiger partial charge in [0.2, 0.25) is 5.91 Å². The lowest BCUT2D eigenvalue weighted by Gasteiger charge is -2.38. The average Bonchev–Trinajstić information content (AvgIpc) is 2.90. The zero-order valence-corrected chi connectivity index (χ0v) is 17.8. The van der Waals surface area contributed by atoms with Crippen molar-refractivity contribution in [3.8, 4) is 0 Å². The minimum absolute atomic E-state index is 0.215. The molecule has 1 amide bonds. The van der Waals surface area contributed by atoms with Crippen molar-refractivity contribution in [2.75, 3.05) is 45.8 Å². The third kappa shape index (κ3) is 4.37. The van der Waals surface area contributed by atoms with Gasteiger partial charge < -0.3 is 15.0 Å². The summed E-state index contributed by atoms with van der Waals surface area (Å²) in [4.78, 5) is 34.5. The van der Waals surface area contributed by atoms with Gasteiger partial charge in [0.15, 0.2) is 0 Å². The van der Waals surface area contributed by atoms with Crippen molar-refractivity contribution in [1.82, 2.24) is 19.7 Å². The SMILES string of the molecule is Cc1[nH]c2ccccc2c1[C@H](C(=O)O)N1CCN(CC(=O)N2CCCCCC2)CC1. The van der Waals surface area contributed by atoms with Crippen LogP contribution in [-0.2, 0) is 9.59 Å². The number of para-hydroxylation sites is 1. The van der Waals surface area contributed by atoms with E-state index in [1.807, 2.05) is 41.0 Å². The first-order chi connectivity index (χ1) is 14.5. The smallest absolute Gasteiger partial charge is 0.325 e. The minimum Gasteiger partial charge on any atom is -0.480 e. The first-order valence-electron chi connectivity index (χ1n) is 11.1. The van der Waals surface area contributed by atoms with Gasteiger partial charge in [-0.25, -0.2) is 0 Å². The van der Waals surface area contributed by atoms with E-state index in [1.54, 1.807) is 0 Å². The fourth-order valence-corrected chi connectivity index (χ4v) is 4.90. The van der Waals surface area contributed by atoms with Gasteiger partial charge in [-0.1, -0.05) is 31.0 Å². The number of rotatable bonds is 5. The number of carboxylic acids is 1. The van der Waals surface area contributed by atoms with E-state index >= 15 is 0 Å². The lowest BCUT2D eigenvalue weighted by atomic mass is 10.0. The Morgan fingerprint density at radius 1 is 1.00 bits per heavy atom. The Labute approximate surface area is 177 Å². The predicted octanol–water partition coefficient (Wildman–Crippen LogP) is 2.62. The molecule has 4 rings (SSSR count). The number of nitrogens with one attached hydrogen (secondary N) is 1. The molecule has 2 saturated heterocycles. The van der Waals surface area contributed by atoms with Crippen LogP contribution in [-0.4, -0.2) is 82.5 Å². The molecule has 2 N–H and O–H groups in total. The summed E-state index contributed by atoms with van der Waals surface area (Å²) in [6.45, 7) is 6.85. The number of carbonyl (C=O) groups excluding carboxylic acids is 1. The molecule has 3 heterocycles. The topological polar surface area (TPSA) is 79.9 Å². The number of hydrogen-bond donors (Lipinski definition) is 2. The van der Waals surface area contributed by atoms with Gasteiger partial charge in [-0.05, 0) is 25.8 Å². The highest BCUT2D eigenvalue weighted by molar-refractivity contribution is 5.90. The lowest BCUT2D eigenvalue weighted by molar-refractivity contribution is -0.145. The van der Waals surface area contributed by atoms with Crippen LogP contribution in [0.2, 0.25) is 0 Å². The van der Waals surface area contributed by atoms with Crippen LogP contribution in [0.5, 0.6) is 0 Å². The summed E-state index contributed by atoms with van der Waals surface area (Å²) in [5, 5.41) is 11.0. The molecule has 0 bridgehead atoms. The van der Waals surface area contributed by atoms with Gasteiger partial charge in [-0.3, -0.25) is 19.4 Å². The number of nitrogens with zero attached hydrogens (tertiary/aromatic N) is 3. The van der Waals surface area contributed by atoms with Crippen molar-refractivity contribution in [3.63, 3.8) is 0 Å². The van der Waals surface area contributed by atoms with Crippen LogP contribution in [0.4, 0.5) is 0 Å². The summed E-state index contributed by atoms with van der Waals surface area (Å²) in [6, 6.07) is 7.20. The molecule has 1 atom stereocenters. The van der Waals surface area contributed by atoms with E-state index in [1.165, 1.54) is 12.8 Å². The van der Waals surface area contributed by atoms with Crippen molar-refractivity contribution in [3.05, 3.63) is 35.5 Å². The maximum absolute atomic E-state index is 12.7. The van der Waals surface area contributed by atoms with Gasteiger partial charge in [-0.15, -0.1) is 0 Å². The second-order valence-corrected chi connectivity index (χ2v) is 8.56. The number of carbonyl (C=O) groups is 2. The number of likely N-dealkylation sites (tertiary alicyclic amines) is 1. The minimum atomic E-state index is -0.822. The number of aromatic nitrogens is 1. The Hall–Kier alpha value is -2.38. The Morgan fingerprint density at radius 2 is 1.67 bits per heavy atom. The van der Waals surface area contributed by atoms with Crippen LogP contribution in [0.1, 0.15) is 43.0 Å². The molecule has 162 valence electrons. The van der Waals surface area contributed by atoms with E-state index in [9.17, 15) is 14.7 Å². The summed E-state index contributed by atoms with van der Waals surface area (Å²) in [5.41, 5.74) is 2.73. The Bertz CT molecular complexity index is 893. The average molecular weight is 413 g/mol. The van der Waals surface area contributed by atoms with Crippen LogP contribution in [0.25, 0.3) is 10.9 Å². The molecule has 0 unspecified atom stereocenters. The van der Waals surface area contributed by atoms with Gasteiger partial charge in [0.1, 0.15) is 6.04 Å². The number of aliphatic carboxylic acids is 1. The molecular formula is C23H32N4O3. The monoisotopic (exact) mass is 412 g/mol. The highest BCUT2D eigenvalue weighted by atomic mass is 16.4. The van der Waals surface area contributed by atoms with E-state index in [0.717, 1.165) is 48.1 Å². The third-order valence-corrected chi connectivity index (χ3v) is 6.54. The van der Waals surface area contributed by atoms with Gasteiger partial charge in [0, 0.05) is 61.4 Å². The van der Waals surface area contributed by atoms with Crippen molar-refractivity contribution in [1.29, 1.82) is 0 Å². The van der Waals surface area contributed by atoms with Crippen molar-refractivity contribution in [2.24, 2.45) is 0 Å². The standard InChI is InChI=1S/C23H32N4O3/c1-17-21(18-8-4-5-9-19(18)24-17)22(23(29)30)27-14-12-25(13-15-27)16-20(28)26-10-6-2-3-7-11-26/h4-5,8-9,22,24H,2-3,6-7,10-16H2,1H3,(H,29,30)/t22-/m1/s1. The predicted molar refractivity (Wildman–Crippen MR) is 116 cm³/mol. The highest BCUT2D eigenvalue weighted by Crippen LogP contribution is 2.32. The number of fused-ring (bicyclic) bond motifs is 1. The van der Waals surface area contributed by atoms with Crippen LogP contribution in [0, 0.1) is 6.92 Å². The van der Waals surface area contributed by atoms with Gasteiger partial charge in [0.05, 0.1) is 6.54 Å². The Kier molecular flexibility index (Phi) is 6.39. The highest BCUT2D eigenvalue weighted by Gasteiger charge is 2.34. The molecule has 0 spiro atoms. The van der Waals surface area contributed by atoms with Crippen molar-refractivity contribution in [2.45, 2.75) is 38.6 Å². The molecule has 7 nitrogen and oxygen atoms in total. The van der Waals surface area contributed by atoms with Crippen LogP contribution >= 0.6 is 0 Å². The molecule has 30 heavy (non-hydrogen) atoms. The quantitative estimate of drug-likeness (QED) is 0.789. The summed E-state index contributed by atoms with van der Waals surface area (Å²) in [7, 11) is 0. The number of H-pyrrole nitrogens is 1. The number of aryl methyl sites for hydroxylation is 1. The number of amides is 1. The maximum atomic E-state index is 12.7. The first-order valence-corrected chi connectivity index (χ1v) is 11.1. The molecule has 0 aliphatic carbocycles. The van der Waals surface area contributed by atoms with Gasteiger partial charge in [-0.2, -0.15) is 0 Å². The molecule has 2 fully saturated rings. The second-order valence-electron chi connectivity index (χ2n) is 8.56. The van der Waals surface area contributed by atoms with E-state index in [-0.39, 0.29) is 5.91 Å². The Morgan fingerprint density at radius 3 is 2.33 bits per heavy atom. The summed E-state index contributed by atoms with van der Waals surface area (Å²) in [5.74, 6) is -0.607. The lowest BCUT2D eigenvalue weighted by Crippen LogP contribution is -2.52. The normalized spacial score (nSPS) is 20.2. The van der Waals surface area contributed by atoms with Gasteiger partial charge >= 0.3 is 5.97 Å². The molecule has 7 heteroatoms. The maximum Gasteiger partial charge on any atom is 0.325 e. The molecule has 2 aliphatic heterocycles. The molecule has 0 saturated carbocycles. The Balaban J connectivity index is 1.42. The molecule has 1 aromatic carbocycles. The third-order valence-electron chi connectivity index (χ3n) is 6.54. The van der Waals surface area contributed by atoms with E-state index in [0.29, 0.717) is 32.7 Å². The van der Waals surface area contributed by atoms with E-state index in [4.69, 9.17) is 0 Å². The number of carboxylic acid groups (broad SMARTS) is 1. The number of piperazine rings is 1. The molecule has 1 aromatic heterocycles. The number of hydrogen-bond acceptors (Lipinski definition) is 4. The van der Waals surface area contributed by atoms with Crippen molar-refractivity contribution < 1.29 is 14.7 Å². The summed E-state index contributed by atoms with van der Waals surface area (Å²) >= 11 is 0. The zero-order valence-electron chi connectivity index (χ0n) is 17.8. The summed E-state index contributed by atoms with van der Waals surface area (Å²) in [6.07, 6.45) is 4.63. The van der Waals surface area contributed by atoms with Crippen LogP contribution < -0.4 is 0 Å². The summed E-state index contributed by atoms with van der Waals surface area (Å²) < 4.78 is 0. The fraction of sp³-hybridized carbons (Fsp3) is 0.565. The van der Waals surface area contributed by atoms with E-state index < -0.39 is 12.0 Å². The van der Waals surface area contributed by atoms with Gasteiger partial charge in [0.25, 0.3) is 0 Å². The largest absolute Gasteiger partial charge is 0.480 e. The zero-order chi connectivity index (χ0) is 21.1.